The second-order valence-corrected chi connectivity index (χ2v) is 9.79. The van der Waals surface area contributed by atoms with Gasteiger partial charge >= 0.3 is 18.3 Å². The number of nitrogens with one attached hydrogen (secondary N) is 1. The second-order valence-electron chi connectivity index (χ2n) is 9.79. The van der Waals surface area contributed by atoms with Crippen LogP contribution in [0, 0.1) is 6.92 Å². The number of rotatable bonds is 2. The third-order valence-electron chi connectivity index (χ3n) is 3.06. The topological polar surface area (TPSA) is 107 Å². The number of nitrogens with zero attached hydrogens (tertiary/aromatic N) is 2. The summed E-state index contributed by atoms with van der Waals surface area (Å²) in [6, 6.07) is 1.56. The van der Waals surface area contributed by atoms with Crippen molar-refractivity contribution in [1.29, 1.82) is 0 Å². The largest absolute Gasteiger partial charge is 0.444 e. The first-order chi connectivity index (χ1) is 13.4. The van der Waals surface area contributed by atoms with Gasteiger partial charge in [-0.25, -0.2) is 19.4 Å². The highest BCUT2D eigenvalue weighted by Gasteiger charge is 2.34. The Hall–Kier alpha value is -2.84. The van der Waals surface area contributed by atoms with Crippen LogP contribution in [0.25, 0.3) is 0 Å². The summed E-state index contributed by atoms with van der Waals surface area (Å²) in [6.07, 6.45) is -1.17. The van der Waals surface area contributed by atoms with E-state index in [1.807, 2.05) is 0 Å². The first-order valence-electron chi connectivity index (χ1n) is 9.61. The Labute approximate surface area is 178 Å². The molecule has 0 atom stereocenters. The number of pyridine rings is 1. The summed E-state index contributed by atoms with van der Waals surface area (Å²) in [5.74, 6) is 0.0354. The molecule has 9 nitrogen and oxygen atoms in total. The van der Waals surface area contributed by atoms with Crippen molar-refractivity contribution >= 4 is 29.8 Å². The molecule has 9 heteroatoms. The Morgan fingerprint density at radius 3 is 1.63 bits per heavy atom. The van der Waals surface area contributed by atoms with Crippen molar-refractivity contribution in [2.75, 3.05) is 10.2 Å². The quantitative estimate of drug-likeness (QED) is 0.633. The Morgan fingerprint density at radius 2 is 1.27 bits per heavy atom. The number of carbonyl (C=O) groups excluding carboxylic acids is 3. The minimum Gasteiger partial charge on any atom is -0.444 e. The average Bonchev–Trinajstić information content (AvgIpc) is 2.43. The van der Waals surface area contributed by atoms with Crippen LogP contribution in [-0.2, 0) is 14.2 Å². The van der Waals surface area contributed by atoms with Gasteiger partial charge in [-0.05, 0) is 80.9 Å². The van der Waals surface area contributed by atoms with Crippen molar-refractivity contribution in [3.63, 3.8) is 0 Å². The van der Waals surface area contributed by atoms with Crippen molar-refractivity contribution in [3.05, 3.63) is 17.8 Å². The van der Waals surface area contributed by atoms with E-state index >= 15 is 0 Å². The van der Waals surface area contributed by atoms with Crippen LogP contribution in [0.5, 0.6) is 0 Å². The highest BCUT2D eigenvalue weighted by atomic mass is 16.6. The fourth-order valence-corrected chi connectivity index (χ4v) is 2.15. The van der Waals surface area contributed by atoms with Crippen molar-refractivity contribution in [2.24, 2.45) is 0 Å². The van der Waals surface area contributed by atoms with Crippen LogP contribution in [0.1, 0.15) is 67.9 Å². The minimum atomic E-state index is -0.916. The number of amides is 3. The van der Waals surface area contributed by atoms with E-state index in [9.17, 15) is 14.4 Å². The molecule has 0 radical (unpaired) electrons. The monoisotopic (exact) mass is 423 g/mol. The lowest BCUT2D eigenvalue weighted by atomic mass is 10.2. The summed E-state index contributed by atoms with van der Waals surface area (Å²) in [6.45, 7) is 17.0. The zero-order valence-corrected chi connectivity index (χ0v) is 19.5. The Morgan fingerprint density at radius 1 is 0.833 bits per heavy atom. The van der Waals surface area contributed by atoms with Gasteiger partial charge in [0.15, 0.2) is 5.82 Å². The SMILES string of the molecule is Cc1cc(NC(=O)OC(C)(C)C)cnc1N(C(=O)OC(C)(C)C)C(=O)OC(C)(C)C. The van der Waals surface area contributed by atoms with E-state index in [0.29, 0.717) is 11.3 Å². The van der Waals surface area contributed by atoms with E-state index in [4.69, 9.17) is 14.2 Å². The normalized spacial score (nSPS) is 12.1. The maximum Gasteiger partial charge on any atom is 0.425 e. The van der Waals surface area contributed by atoms with Gasteiger partial charge in [-0.2, -0.15) is 4.90 Å². The van der Waals surface area contributed by atoms with Gasteiger partial charge in [-0.1, -0.05) is 0 Å². The number of imide groups is 1. The summed E-state index contributed by atoms with van der Waals surface area (Å²) in [5, 5.41) is 2.57. The lowest BCUT2D eigenvalue weighted by molar-refractivity contribution is 0.0427. The Bertz CT molecular complexity index is 772. The lowest BCUT2D eigenvalue weighted by Gasteiger charge is -2.28. The fourth-order valence-electron chi connectivity index (χ4n) is 2.15. The van der Waals surface area contributed by atoms with Crippen LogP contribution >= 0.6 is 0 Å². The Balaban J connectivity index is 3.22. The molecule has 1 aromatic heterocycles. The molecule has 0 aliphatic heterocycles. The average molecular weight is 424 g/mol. The predicted octanol–water partition coefficient (Wildman–Crippen LogP) is 5.41. The standard InChI is InChI=1S/C21H33N3O6/c1-13-11-14(23-16(25)28-19(2,3)4)12-22-15(13)24(17(26)29-20(5,6)7)18(27)30-21(8,9)10/h11-12H,1-10H3,(H,23,25). The van der Waals surface area contributed by atoms with E-state index in [2.05, 4.69) is 10.3 Å². The number of aryl methyl sites for hydroxylation is 1. The van der Waals surface area contributed by atoms with Crippen molar-refractivity contribution in [3.8, 4) is 0 Å². The molecule has 168 valence electrons. The van der Waals surface area contributed by atoms with Crippen molar-refractivity contribution < 1.29 is 28.6 Å². The van der Waals surface area contributed by atoms with Crippen LogP contribution < -0.4 is 10.2 Å². The minimum absolute atomic E-state index is 0.0354. The third-order valence-corrected chi connectivity index (χ3v) is 3.06. The molecule has 1 rings (SSSR count). The molecule has 30 heavy (non-hydrogen) atoms. The number of ether oxygens (including phenoxy) is 3. The predicted molar refractivity (Wildman–Crippen MR) is 114 cm³/mol. The number of hydrogen-bond acceptors (Lipinski definition) is 7. The van der Waals surface area contributed by atoms with Gasteiger partial charge in [0.1, 0.15) is 16.8 Å². The van der Waals surface area contributed by atoms with Gasteiger partial charge in [-0.3, -0.25) is 5.32 Å². The molecule has 0 unspecified atom stereocenters. The van der Waals surface area contributed by atoms with Crippen LogP contribution in [0.15, 0.2) is 12.3 Å². The summed E-state index contributed by atoms with van der Waals surface area (Å²) in [7, 11) is 0. The number of carbonyl (C=O) groups is 3. The molecule has 3 amide bonds. The molecule has 1 N–H and O–H groups in total. The van der Waals surface area contributed by atoms with Gasteiger partial charge < -0.3 is 14.2 Å². The first kappa shape index (κ1) is 25.2. The molecule has 0 aliphatic carbocycles. The van der Waals surface area contributed by atoms with Crippen molar-refractivity contribution in [2.45, 2.75) is 86.0 Å². The number of aromatic nitrogens is 1. The fraction of sp³-hybridized carbons (Fsp3) is 0.619. The second kappa shape index (κ2) is 8.89. The summed E-state index contributed by atoms with van der Waals surface area (Å²) in [5.41, 5.74) is -1.52. The van der Waals surface area contributed by atoms with Gasteiger partial charge in [0.2, 0.25) is 0 Å². The van der Waals surface area contributed by atoms with E-state index in [0.717, 1.165) is 4.90 Å². The van der Waals surface area contributed by atoms with E-state index in [-0.39, 0.29) is 5.82 Å². The summed E-state index contributed by atoms with van der Waals surface area (Å²) < 4.78 is 15.9. The first-order valence-corrected chi connectivity index (χ1v) is 9.61. The smallest absolute Gasteiger partial charge is 0.425 e. The van der Waals surface area contributed by atoms with Gasteiger partial charge in [0.25, 0.3) is 0 Å². The van der Waals surface area contributed by atoms with Crippen LogP contribution in [-0.4, -0.2) is 40.1 Å². The van der Waals surface area contributed by atoms with Crippen LogP contribution in [0.2, 0.25) is 0 Å². The highest BCUT2D eigenvalue weighted by Crippen LogP contribution is 2.25. The van der Waals surface area contributed by atoms with Gasteiger partial charge in [0.05, 0.1) is 11.9 Å². The number of anilines is 2. The van der Waals surface area contributed by atoms with E-state index in [1.54, 1.807) is 75.3 Å². The molecule has 0 saturated carbocycles. The zero-order valence-electron chi connectivity index (χ0n) is 19.5. The van der Waals surface area contributed by atoms with E-state index < -0.39 is 35.1 Å². The Kier molecular flexibility index (Phi) is 7.47. The van der Waals surface area contributed by atoms with Gasteiger partial charge in [0, 0.05) is 0 Å². The third kappa shape index (κ3) is 8.67. The lowest BCUT2D eigenvalue weighted by Crippen LogP contribution is -2.44. The molecule has 0 bridgehead atoms. The number of hydrogen-bond donors (Lipinski definition) is 1. The zero-order chi connectivity index (χ0) is 23.5. The van der Waals surface area contributed by atoms with Crippen molar-refractivity contribution in [1.82, 2.24) is 4.98 Å². The molecular weight excluding hydrogens is 390 g/mol. The molecule has 1 aromatic rings. The van der Waals surface area contributed by atoms with Crippen LogP contribution in [0.4, 0.5) is 25.9 Å². The van der Waals surface area contributed by atoms with Gasteiger partial charge in [-0.15, -0.1) is 0 Å². The highest BCUT2D eigenvalue weighted by molar-refractivity contribution is 6.09. The molecule has 1 heterocycles. The molecule has 0 saturated heterocycles. The molecule has 0 fully saturated rings. The van der Waals surface area contributed by atoms with E-state index in [1.165, 1.54) is 6.20 Å². The molecule has 0 spiro atoms. The van der Waals surface area contributed by atoms with Crippen LogP contribution in [0.3, 0.4) is 0 Å². The molecule has 0 aromatic carbocycles. The summed E-state index contributed by atoms with van der Waals surface area (Å²) >= 11 is 0. The molecular formula is C21H33N3O6. The summed E-state index contributed by atoms with van der Waals surface area (Å²) in [4.78, 5) is 42.4. The maximum absolute atomic E-state index is 12.7. The maximum atomic E-state index is 12.7. The molecule has 0 aliphatic rings.